The number of aromatic nitrogens is 1. The normalized spacial score (nSPS) is 14.6. The number of piperazine rings is 1. The molecule has 0 saturated carbocycles. The van der Waals surface area contributed by atoms with Crippen molar-refractivity contribution in [1.82, 2.24) is 9.88 Å². The van der Waals surface area contributed by atoms with Gasteiger partial charge in [-0.3, -0.25) is 4.90 Å². The van der Waals surface area contributed by atoms with Gasteiger partial charge in [0.2, 0.25) is 0 Å². The largest absolute Gasteiger partial charge is 0.497 e. The highest BCUT2D eigenvalue weighted by Gasteiger charge is 2.20. The summed E-state index contributed by atoms with van der Waals surface area (Å²) in [5.41, 5.74) is 3.65. The molecule has 1 saturated heterocycles. The summed E-state index contributed by atoms with van der Waals surface area (Å²) >= 11 is 0. The summed E-state index contributed by atoms with van der Waals surface area (Å²) in [6.45, 7) is 5.09. The lowest BCUT2D eigenvalue weighted by Crippen LogP contribution is -2.46. The van der Waals surface area contributed by atoms with Crippen LogP contribution in [0.1, 0.15) is 28.8 Å². The third-order valence-electron chi connectivity index (χ3n) is 6.28. The van der Waals surface area contributed by atoms with Gasteiger partial charge in [-0.1, -0.05) is 0 Å². The van der Waals surface area contributed by atoms with E-state index in [1.807, 2.05) is 24.4 Å². The van der Waals surface area contributed by atoms with E-state index < -0.39 is 5.97 Å². The fourth-order valence-corrected chi connectivity index (χ4v) is 4.43. The third-order valence-corrected chi connectivity index (χ3v) is 6.28. The third kappa shape index (κ3) is 4.83. The zero-order valence-corrected chi connectivity index (χ0v) is 18.8. The first-order valence-electron chi connectivity index (χ1n) is 11.1. The van der Waals surface area contributed by atoms with Gasteiger partial charge in [-0.05, 0) is 61.7 Å². The van der Waals surface area contributed by atoms with Crippen molar-refractivity contribution in [3.8, 4) is 11.5 Å². The number of fused-ring (bicyclic) bond motifs is 1. The SMILES string of the molecule is COc1ccc(N2CCN(CCCCc3c[nH]c4ccc(C(=O)O)cc34)CC2)c(OC)c1. The Bertz CT molecular complexity index is 1070. The summed E-state index contributed by atoms with van der Waals surface area (Å²) in [5.74, 6) is 0.770. The highest BCUT2D eigenvalue weighted by molar-refractivity contribution is 5.94. The van der Waals surface area contributed by atoms with Crippen molar-refractivity contribution in [3.05, 3.63) is 53.7 Å². The number of H-pyrrole nitrogens is 1. The van der Waals surface area contributed by atoms with E-state index in [9.17, 15) is 9.90 Å². The van der Waals surface area contributed by atoms with Crippen molar-refractivity contribution in [1.29, 1.82) is 0 Å². The van der Waals surface area contributed by atoms with Crippen LogP contribution in [0.5, 0.6) is 11.5 Å². The zero-order chi connectivity index (χ0) is 22.5. The molecule has 3 aromatic rings. The van der Waals surface area contributed by atoms with E-state index in [4.69, 9.17) is 9.47 Å². The summed E-state index contributed by atoms with van der Waals surface area (Å²) in [5, 5.41) is 10.3. The molecule has 4 rings (SSSR count). The van der Waals surface area contributed by atoms with E-state index in [2.05, 4.69) is 20.9 Å². The Morgan fingerprint density at radius 2 is 1.84 bits per heavy atom. The van der Waals surface area contributed by atoms with Gasteiger partial charge in [0.15, 0.2) is 0 Å². The number of benzene rings is 2. The number of rotatable bonds is 9. The summed E-state index contributed by atoms with van der Waals surface area (Å²) in [7, 11) is 3.36. The topological polar surface area (TPSA) is 78.0 Å². The number of nitrogens with zero attached hydrogens (tertiary/aromatic N) is 2. The second-order valence-corrected chi connectivity index (χ2v) is 8.20. The highest BCUT2D eigenvalue weighted by atomic mass is 16.5. The fourth-order valence-electron chi connectivity index (χ4n) is 4.43. The lowest BCUT2D eigenvalue weighted by atomic mass is 10.0. The summed E-state index contributed by atoms with van der Waals surface area (Å²) in [6, 6.07) is 11.3. The standard InChI is InChI=1S/C25H31N3O4/c1-31-20-7-9-23(24(16-20)32-2)28-13-11-27(12-14-28)10-4-3-5-19-17-26-22-8-6-18(25(29)30)15-21(19)22/h6-9,15-17,26H,3-5,10-14H2,1-2H3,(H,29,30). The molecule has 2 heterocycles. The van der Waals surface area contributed by atoms with Crippen LogP contribution in [0.3, 0.4) is 0 Å². The molecule has 0 bridgehead atoms. The van der Waals surface area contributed by atoms with Gasteiger partial charge in [-0.2, -0.15) is 0 Å². The molecule has 0 spiro atoms. The molecule has 0 unspecified atom stereocenters. The van der Waals surface area contributed by atoms with Crippen molar-refractivity contribution < 1.29 is 19.4 Å². The lowest BCUT2D eigenvalue weighted by Gasteiger charge is -2.36. The molecule has 170 valence electrons. The molecule has 0 amide bonds. The van der Waals surface area contributed by atoms with E-state index in [-0.39, 0.29) is 0 Å². The summed E-state index contributed by atoms with van der Waals surface area (Å²) in [6.07, 6.45) is 5.16. The van der Waals surface area contributed by atoms with Gasteiger partial charge in [0.1, 0.15) is 11.5 Å². The second-order valence-electron chi connectivity index (χ2n) is 8.20. The van der Waals surface area contributed by atoms with Crippen LogP contribution in [-0.2, 0) is 6.42 Å². The minimum absolute atomic E-state index is 0.338. The second kappa shape index (κ2) is 9.96. The zero-order valence-electron chi connectivity index (χ0n) is 18.8. The number of aromatic carboxylic acids is 1. The van der Waals surface area contributed by atoms with Crippen molar-refractivity contribution in [2.75, 3.05) is 51.8 Å². The summed E-state index contributed by atoms with van der Waals surface area (Å²) in [4.78, 5) is 19.4. The van der Waals surface area contributed by atoms with Crippen LogP contribution in [0.2, 0.25) is 0 Å². The fraction of sp³-hybridized carbons (Fsp3) is 0.400. The molecule has 1 aliphatic rings. The van der Waals surface area contributed by atoms with Crippen LogP contribution in [0, 0.1) is 0 Å². The van der Waals surface area contributed by atoms with E-state index >= 15 is 0 Å². The number of methoxy groups -OCH3 is 2. The Balaban J connectivity index is 1.25. The number of carbonyl (C=O) groups is 1. The number of unbranched alkanes of at least 4 members (excludes halogenated alkanes) is 1. The van der Waals surface area contributed by atoms with Gasteiger partial charge in [-0.25, -0.2) is 4.79 Å². The average Bonchev–Trinajstić information content (AvgIpc) is 3.24. The van der Waals surface area contributed by atoms with Gasteiger partial charge in [0.05, 0.1) is 25.5 Å². The van der Waals surface area contributed by atoms with Gasteiger partial charge in [0.25, 0.3) is 0 Å². The van der Waals surface area contributed by atoms with E-state index in [0.717, 1.165) is 80.1 Å². The first-order valence-corrected chi connectivity index (χ1v) is 11.1. The molecular formula is C25H31N3O4. The highest BCUT2D eigenvalue weighted by Crippen LogP contribution is 2.32. The number of aromatic amines is 1. The number of ether oxygens (including phenoxy) is 2. The monoisotopic (exact) mass is 437 g/mol. The Morgan fingerprint density at radius 1 is 1.03 bits per heavy atom. The lowest BCUT2D eigenvalue weighted by molar-refractivity contribution is 0.0697. The maximum absolute atomic E-state index is 11.3. The molecule has 7 nitrogen and oxygen atoms in total. The molecule has 32 heavy (non-hydrogen) atoms. The van der Waals surface area contributed by atoms with E-state index in [1.165, 1.54) is 5.56 Å². The quantitative estimate of drug-likeness (QED) is 0.492. The van der Waals surface area contributed by atoms with Gasteiger partial charge >= 0.3 is 5.97 Å². The van der Waals surface area contributed by atoms with Crippen LogP contribution >= 0.6 is 0 Å². The van der Waals surface area contributed by atoms with Crippen molar-refractivity contribution in [2.24, 2.45) is 0 Å². The molecule has 2 N–H and O–H groups in total. The Hall–Kier alpha value is -3.19. The number of carboxylic acid groups (broad SMARTS) is 1. The molecule has 1 aromatic heterocycles. The number of carboxylic acids is 1. The molecule has 7 heteroatoms. The van der Waals surface area contributed by atoms with Crippen LogP contribution < -0.4 is 14.4 Å². The minimum Gasteiger partial charge on any atom is -0.497 e. The van der Waals surface area contributed by atoms with Crippen LogP contribution in [-0.4, -0.2) is 67.9 Å². The first-order chi connectivity index (χ1) is 15.6. The molecule has 1 aliphatic heterocycles. The molecule has 0 atom stereocenters. The van der Waals surface area contributed by atoms with E-state index in [1.54, 1.807) is 26.4 Å². The van der Waals surface area contributed by atoms with Crippen molar-refractivity contribution in [2.45, 2.75) is 19.3 Å². The maximum atomic E-state index is 11.3. The van der Waals surface area contributed by atoms with Crippen LogP contribution in [0.4, 0.5) is 5.69 Å². The van der Waals surface area contributed by atoms with Crippen molar-refractivity contribution in [3.63, 3.8) is 0 Å². The Kier molecular flexibility index (Phi) is 6.85. The number of anilines is 1. The Morgan fingerprint density at radius 3 is 2.56 bits per heavy atom. The van der Waals surface area contributed by atoms with Gasteiger partial charge in [-0.15, -0.1) is 0 Å². The van der Waals surface area contributed by atoms with Gasteiger partial charge in [0, 0.05) is 49.3 Å². The number of aryl methyl sites for hydroxylation is 1. The Labute approximate surface area is 188 Å². The molecular weight excluding hydrogens is 406 g/mol. The predicted octanol–water partition coefficient (Wildman–Crippen LogP) is 4.03. The van der Waals surface area contributed by atoms with Crippen molar-refractivity contribution >= 4 is 22.6 Å². The first kappa shape index (κ1) is 22.0. The minimum atomic E-state index is -0.884. The number of hydrogen-bond acceptors (Lipinski definition) is 5. The molecule has 0 aliphatic carbocycles. The maximum Gasteiger partial charge on any atom is 0.335 e. The predicted molar refractivity (Wildman–Crippen MR) is 126 cm³/mol. The van der Waals surface area contributed by atoms with Crippen LogP contribution in [0.15, 0.2) is 42.6 Å². The number of nitrogens with one attached hydrogen (secondary N) is 1. The average molecular weight is 438 g/mol. The van der Waals surface area contributed by atoms with Gasteiger partial charge < -0.3 is 24.5 Å². The molecule has 0 radical (unpaired) electrons. The molecule has 1 fully saturated rings. The molecule has 2 aromatic carbocycles. The van der Waals surface area contributed by atoms with E-state index in [0.29, 0.717) is 5.56 Å². The summed E-state index contributed by atoms with van der Waals surface area (Å²) < 4.78 is 10.9. The number of hydrogen-bond donors (Lipinski definition) is 2. The smallest absolute Gasteiger partial charge is 0.335 e. The van der Waals surface area contributed by atoms with Crippen LogP contribution in [0.25, 0.3) is 10.9 Å².